The molecule has 2 aromatic rings. The Labute approximate surface area is 127 Å². The molecule has 2 rings (SSSR count). The molecule has 0 spiro atoms. The number of aromatic nitrogens is 1. The van der Waals surface area contributed by atoms with E-state index in [9.17, 15) is 0 Å². The van der Waals surface area contributed by atoms with E-state index < -0.39 is 0 Å². The molecule has 0 aliphatic carbocycles. The predicted octanol–water partition coefficient (Wildman–Crippen LogP) is 4.63. The van der Waals surface area contributed by atoms with Gasteiger partial charge in [0.25, 0.3) is 0 Å². The molecular formula is C19H25NO. The van der Waals surface area contributed by atoms with E-state index >= 15 is 0 Å². The maximum atomic E-state index is 8.69. The number of benzene rings is 1. The molecule has 2 heteroatoms. The van der Waals surface area contributed by atoms with Crippen molar-refractivity contribution in [2.75, 3.05) is 6.61 Å². The van der Waals surface area contributed by atoms with Gasteiger partial charge in [0.2, 0.25) is 0 Å². The first-order valence-electron chi connectivity index (χ1n) is 8.07. The summed E-state index contributed by atoms with van der Waals surface area (Å²) in [6, 6.07) is 8.38. The summed E-state index contributed by atoms with van der Waals surface area (Å²) in [7, 11) is 0. The number of rotatable bonds is 8. The zero-order valence-corrected chi connectivity index (χ0v) is 12.7. The van der Waals surface area contributed by atoms with Crippen LogP contribution >= 0.6 is 0 Å². The molecule has 1 aromatic heterocycles. The molecule has 0 unspecified atom stereocenters. The third-order valence-electron chi connectivity index (χ3n) is 3.75. The van der Waals surface area contributed by atoms with E-state index in [1.165, 1.54) is 43.0 Å². The Morgan fingerprint density at radius 2 is 1.67 bits per heavy atom. The first kappa shape index (κ1) is 15.7. The molecule has 0 radical (unpaired) electrons. The van der Waals surface area contributed by atoms with Crippen LogP contribution in [0.5, 0.6) is 0 Å². The predicted molar refractivity (Wildman–Crippen MR) is 89.2 cm³/mol. The van der Waals surface area contributed by atoms with Crippen molar-refractivity contribution in [3.8, 4) is 11.8 Å². The minimum Gasteiger partial charge on any atom is -0.396 e. The Bertz CT molecular complexity index is 588. The summed E-state index contributed by atoms with van der Waals surface area (Å²) in [6.45, 7) is 0.337. The molecule has 2 nitrogen and oxygen atoms in total. The smallest absolute Gasteiger partial charge is 0.0454 e. The number of unbranched alkanes of at least 4 members (excludes halogenated alkanes) is 7. The lowest BCUT2D eigenvalue weighted by molar-refractivity contribution is 0.282. The maximum Gasteiger partial charge on any atom is 0.0454 e. The van der Waals surface area contributed by atoms with Crippen molar-refractivity contribution < 1.29 is 5.11 Å². The minimum absolute atomic E-state index is 0.337. The van der Waals surface area contributed by atoms with Crippen molar-refractivity contribution in [3.63, 3.8) is 0 Å². The highest BCUT2D eigenvalue weighted by atomic mass is 16.2. The monoisotopic (exact) mass is 283 g/mol. The second-order valence-corrected chi connectivity index (χ2v) is 5.53. The van der Waals surface area contributed by atoms with Crippen LogP contribution in [0.3, 0.4) is 0 Å². The molecule has 0 bridgehead atoms. The number of aliphatic hydroxyl groups is 1. The number of hydrogen-bond acceptors (Lipinski definition) is 1. The van der Waals surface area contributed by atoms with Gasteiger partial charge < -0.3 is 10.1 Å². The Morgan fingerprint density at radius 3 is 2.48 bits per heavy atom. The van der Waals surface area contributed by atoms with Crippen molar-refractivity contribution in [1.29, 1.82) is 0 Å². The minimum atomic E-state index is 0.337. The van der Waals surface area contributed by atoms with E-state index in [1.807, 2.05) is 6.20 Å². The van der Waals surface area contributed by atoms with Gasteiger partial charge in [-0.1, -0.05) is 43.9 Å². The summed E-state index contributed by atoms with van der Waals surface area (Å²) < 4.78 is 0. The number of hydrogen-bond donors (Lipinski definition) is 2. The number of H-pyrrole nitrogens is 1. The first-order chi connectivity index (χ1) is 10.4. The average molecular weight is 283 g/mol. The normalized spacial score (nSPS) is 10.5. The summed E-state index contributed by atoms with van der Waals surface area (Å²) in [6.07, 6.45) is 11.4. The summed E-state index contributed by atoms with van der Waals surface area (Å²) in [5.74, 6) is 6.53. The third kappa shape index (κ3) is 5.65. The molecule has 2 N–H and O–H groups in total. The van der Waals surface area contributed by atoms with Crippen molar-refractivity contribution in [2.45, 2.75) is 51.4 Å². The van der Waals surface area contributed by atoms with Crippen LogP contribution in [0.4, 0.5) is 0 Å². The van der Waals surface area contributed by atoms with Gasteiger partial charge in [-0.15, -0.1) is 0 Å². The highest BCUT2D eigenvalue weighted by Crippen LogP contribution is 2.13. The standard InChI is InChI=1S/C19H25NO/c21-15-9-7-5-3-1-2-4-6-8-10-17-11-12-19-18(16-17)13-14-20-19/h11-14,16,20-21H,1-7,9,15H2. The van der Waals surface area contributed by atoms with Gasteiger partial charge in [-0.05, 0) is 37.1 Å². The van der Waals surface area contributed by atoms with E-state index in [0.717, 1.165) is 24.8 Å². The van der Waals surface area contributed by atoms with Crippen molar-refractivity contribution in [2.24, 2.45) is 0 Å². The van der Waals surface area contributed by atoms with Crippen LogP contribution in [0.2, 0.25) is 0 Å². The summed E-state index contributed by atoms with van der Waals surface area (Å²) in [4.78, 5) is 3.19. The first-order valence-corrected chi connectivity index (χ1v) is 8.07. The highest BCUT2D eigenvalue weighted by Gasteiger charge is 1.94. The van der Waals surface area contributed by atoms with Gasteiger partial charge in [0.05, 0.1) is 0 Å². The van der Waals surface area contributed by atoms with Crippen LogP contribution in [0.25, 0.3) is 10.9 Å². The Balaban J connectivity index is 1.60. The van der Waals surface area contributed by atoms with Gasteiger partial charge in [-0.3, -0.25) is 0 Å². The van der Waals surface area contributed by atoms with Crippen molar-refractivity contribution >= 4 is 10.9 Å². The summed E-state index contributed by atoms with van der Waals surface area (Å²) in [5, 5.41) is 9.92. The van der Waals surface area contributed by atoms with Crippen molar-refractivity contribution in [3.05, 3.63) is 36.0 Å². The van der Waals surface area contributed by atoms with Crippen molar-refractivity contribution in [1.82, 2.24) is 4.98 Å². The number of nitrogens with one attached hydrogen (secondary N) is 1. The molecule has 0 aliphatic heterocycles. The van der Waals surface area contributed by atoms with Gasteiger partial charge in [0, 0.05) is 35.7 Å². The molecule has 1 aromatic carbocycles. The second kappa shape index (κ2) is 9.26. The van der Waals surface area contributed by atoms with Crippen LogP contribution in [0.1, 0.15) is 56.9 Å². The lowest BCUT2D eigenvalue weighted by Crippen LogP contribution is -1.84. The maximum absolute atomic E-state index is 8.69. The number of aliphatic hydroxyl groups excluding tert-OH is 1. The second-order valence-electron chi connectivity index (χ2n) is 5.53. The molecular weight excluding hydrogens is 258 g/mol. The fraction of sp³-hybridized carbons (Fsp3) is 0.474. The summed E-state index contributed by atoms with van der Waals surface area (Å²) in [5.41, 5.74) is 2.27. The van der Waals surface area contributed by atoms with Crippen LogP contribution < -0.4 is 0 Å². The Hall–Kier alpha value is -1.72. The quantitative estimate of drug-likeness (QED) is 0.537. The average Bonchev–Trinajstić information content (AvgIpc) is 2.97. The zero-order valence-electron chi connectivity index (χ0n) is 12.7. The Kier molecular flexibility index (Phi) is 6.91. The van der Waals surface area contributed by atoms with E-state index in [-0.39, 0.29) is 0 Å². The fourth-order valence-electron chi connectivity index (χ4n) is 2.50. The van der Waals surface area contributed by atoms with Crippen LogP contribution in [0.15, 0.2) is 30.5 Å². The number of fused-ring (bicyclic) bond motifs is 1. The molecule has 0 fully saturated rings. The zero-order chi connectivity index (χ0) is 14.8. The Morgan fingerprint density at radius 1 is 0.905 bits per heavy atom. The SMILES string of the molecule is OCCCCCCCCCC#Cc1ccc2[nH]ccc2c1. The molecule has 0 atom stereocenters. The molecule has 112 valence electrons. The van der Waals surface area contributed by atoms with Gasteiger partial charge in [-0.25, -0.2) is 0 Å². The highest BCUT2D eigenvalue weighted by molar-refractivity contribution is 5.80. The van der Waals surface area contributed by atoms with E-state index in [4.69, 9.17) is 5.11 Å². The molecule has 1 heterocycles. The van der Waals surface area contributed by atoms with Crippen LogP contribution in [-0.4, -0.2) is 16.7 Å². The van der Waals surface area contributed by atoms with Gasteiger partial charge in [0.1, 0.15) is 0 Å². The number of aromatic amines is 1. The largest absolute Gasteiger partial charge is 0.396 e. The van der Waals surface area contributed by atoms with Crippen LogP contribution in [0, 0.1) is 11.8 Å². The van der Waals surface area contributed by atoms with E-state index in [1.54, 1.807) is 0 Å². The lowest BCUT2D eigenvalue weighted by Gasteiger charge is -1.99. The molecule has 0 saturated carbocycles. The fourth-order valence-corrected chi connectivity index (χ4v) is 2.50. The molecule has 0 aliphatic rings. The van der Waals surface area contributed by atoms with E-state index in [0.29, 0.717) is 6.61 Å². The van der Waals surface area contributed by atoms with Gasteiger partial charge in [0.15, 0.2) is 0 Å². The molecule has 0 amide bonds. The third-order valence-corrected chi connectivity index (χ3v) is 3.75. The van der Waals surface area contributed by atoms with Crippen LogP contribution in [-0.2, 0) is 0 Å². The lowest BCUT2D eigenvalue weighted by atomic mass is 10.1. The molecule has 21 heavy (non-hydrogen) atoms. The van der Waals surface area contributed by atoms with E-state index in [2.05, 4.69) is 41.1 Å². The summed E-state index contributed by atoms with van der Waals surface area (Å²) >= 11 is 0. The van der Waals surface area contributed by atoms with Gasteiger partial charge >= 0.3 is 0 Å². The topological polar surface area (TPSA) is 36.0 Å². The van der Waals surface area contributed by atoms with Gasteiger partial charge in [-0.2, -0.15) is 0 Å². The molecule has 0 saturated heterocycles.